The molecule has 3 N–H and O–H groups in total. The van der Waals surface area contributed by atoms with Crippen LogP contribution in [0.4, 0.5) is 19.0 Å². The predicted molar refractivity (Wildman–Crippen MR) is 99.1 cm³/mol. The van der Waals surface area contributed by atoms with Crippen LogP contribution in [0.1, 0.15) is 25.1 Å². The average Bonchev–Trinajstić information content (AvgIpc) is 3.15. The molecule has 1 saturated heterocycles. The van der Waals surface area contributed by atoms with Crippen LogP contribution < -0.4 is 4.90 Å². The number of nitrogens with one attached hydrogen (secondary N) is 2. The number of rotatable bonds is 6. The lowest BCUT2D eigenvalue weighted by Crippen LogP contribution is -2.36. The lowest BCUT2D eigenvalue weighted by molar-refractivity contribution is -0.0583. The number of anilines is 1. The van der Waals surface area contributed by atoms with Crippen LogP contribution in [0.3, 0.4) is 0 Å². The largest absolute Gasteiger partial charge is 0.432 e. The van der Waals surface area contributed by atoms with E-state index in [9.17, 15) is 13.2 Å². The zero-order chi connectivity index (χ0) is 20.1. The first-order valence-electron chi connectivity index (χ1n) is 8.94. The third kappa shape index (κ3) is 4.94. The molecule has 150 valence electrons. The van der Waals surface area contributed by atoms with Gasteiger partial charge in [0.1, 0.15) is 23.7 Å². The van der Waals surface area contributed by atoms with E-state index in [1.54, 1.807) is 6.07 Å². The molecule has 2 aromatic rings. The van der Waals surface area contributed by atoms with Crippen LogP contribution in [-0.4, -0.2) is 56.6 Å². The van der Waals surface area contributed by atoms with Gasteiger partial charge in [-0.1, -0.05) is 0 Å². The van der Waals surface area contributed by atoms with Crippen molar-refractivity contribution in [3.8, 4) is 11.4 Å². The molecule has 3 rings (SSSR count). The first kappa shape index (κ1) is 20.0. The number of aromatic amines is 1. The van der Waals surface area contributed by atoms with Gasteiger partial charge in [0.25, 0.3) is 0 Å². The van der Waals surface area contributed by atoms with Gasteiger partial charge in [0.15, 0.2) is 0 Å². The number of aromatic nitrogens is 4. The molecule has 10 heteroatoms. The molecule has 0 spiro atoms. The quantitative estimate of drug-likeness (QED) is 0.654. The van der Waals surface area contributed by atoms with Gasteiger partial charge in [-0.25, -0.2) is 15.0 Å². The van der Waals surface area contributed by atoms with Crippen LogP contribution in [0.25, 0.3) is 17.5 Å². The maximum Gasteiger partial charge on any atom is 0.432 e. The molecule has 0 bridgehead atoms. The molecule has 3 heterocycles. The lowest BCUT2D eigenvalue weighted by Gasteiger charge is -2.33. The molecule has 1 aliphatic heterocycles. The summed E-state index contributed by atoms with van der Waals surface area (Å²) >= 11 is 0. The molecular weight excluding hydrogens is 373 g/mol. The van der Waals surface area contributed by atoms with Crippen molar-refractivity contribution in [2.24, 2.45) is 5.92 Å². The van der Waals surface area contributed by atoms with Gasteiger partial charge in [-0.05, 0) is 37.3 Å². The number of aliphatic hydroxyl groups is 1. The molecule has 0 radical (unpaired) electrons. The van der Waals surface area contributed by atoms with Crippen LogP contribution >= 0.6 is 0 Å². The molecule has 1 aliphatic rings. The predicted octanol–water partition coefficient (Wildman–Crippen LogP) is 3.06. The Hall–Kier alpha value is -2.75. The molecule has 0 amide bonds. The summed E-state index contributed by atoms with van der Waals surface area (Å²) in [5, 5.41) is 16.1. The maximum atomic E-state index is 12.4. The molecule has 28 heavy (non-hydrogen) atoms. The normalized spacial score (nSPS) is 18.0. The summed E-state index contributed by atoms with van der Waals surface area (Å²) in [6.45, 7) is 1.85. The maximum absolute atomic E-state index is 12.4. The number of hydrogen-bond donors (Lipinski definition) is 3. The van der Waals surface area contributed by atoms with Gasteiger partial charge >= 0.3 is 6.18 Å². The fourth-order valence-electron chi connectivity index (χ4n) is 3.17. The highest BCUT2D eigenvalue weighted by Crippen LogP contribution is 2.26. The topological polar surface area (TPSA) is 102 Å². The molecule has 0 aromatic carbocycles. The van der Waals surface area contributed by atoms with E-state index in [0.29, 0.717) is 23.4 Å². The van der Waals surface area contributed by atoms with Gasteiger partial charge in [-0.15, -0.1) is 0 Å². The van der Waals surface area contributed by atoms with Crippen LogP contribution in [0.15, 0.2) is 24.7 Å². The van der Waals surface area contributed by atoms with Gasteiger partial charge in [0.2, 0.25) is 0 Å². The number of allylic oxidation sites excluding steroid dienone is 1. The van der Waals surface area contributed by atoms with Gasteiger partial charge in [-0.2, -0.15) is 13.2 Å². The zero-order valence-corrected chi connectivity index (χ0v) is 15.1. The number of imidazole rings is 1. The van der Waals surface area contributed by atoms with E-state index in [1.807, 2.05) is 0 Å². The highest BCUT2D eigenvalue weighted by molar-refractivity contribution is 5.99. The first-order chi connectivity index (χ1) is 13.4. The summed E-state index contributed by atoms with van der Waals surface area (Å²) in [5.41, 5.74) is -0.324. The van der Waals surface area contributed by atoms with E-state index in [0.717, 1.165) is 44.2 Å². The smallest absolute Gasteiger partial charge is 0.396 e. The summed E-state index contributed by atoms with van der Waals surface area (Å²) in [7, 11) is 0. The number of piperidine rings is 1. The Morgan fingerprint density at radius 2 is 2.18 bits per heavy atom. The van der Waals surface area contributed by atoms with E-state index in [4.69, 9.17) is 10.5 Å². The number of aliphatic hydroxyl groups excluding tert-OH is 1. The molecule has 7 nitrogen and oxygen atoms in total. The SMILES string of the molecule is N=C(/C=C\c1ncc(-c2cc(N3CCCC(CCO)C3)ncn2)[nH]1)C(F)(F)F. The molecule has 1 atom stereocenters. The Labute approximate surface area is 159 Å². The number of H-pyrrole nitrogens is 1. The third-order valence-corrected chi connectivity index (χ3v) is 4.62. The molecule has 1 unspecified atom stereocenters. The van der Waals surface area contributed by atoms with Crippen LogP contribution in [-0.2, 0) is 0 Å². The van der Waals surface area contributed by atoms with Gasteiger partial charge in [-0.3, -0.25) is 5.41 Å². The Balaban J connectivity index is 1.73. The second kappa shape index (κ2) is 8.51. The zero-order valence-electron chi connectivity index (χ0n) is 15.1. The second-order valence-electron chi connectivity index (χ2n) is 6.65. The molecule has 0 saturated carbocycles. The summed E-state index contributed by atoms with van der Waals surface area (Å²) in [6.07, 6.45) is 2.86. The van der Waals surface area contributed by atoms with Gasteiger partial charge in [0.05, 0.1) is 17.6 Å². The summed E-state index contributed by atoms with van der Waals surface area (Å²) in [4.78, 5) is 17.6. The second-order valence-corrected chi connectivity index (χ2v) is 6.65. The van der Waals surface area contributed by atoms with Crippen molar-refractivity contribution in [1.82, 2.24) is 19.9 Å². The Kier molecular flexibility index (Phi) is 6.08. The van der Waals surface area contributed by atoms with E-state index in [1.165, 1.54) is 12.5 Å². The fraction of sp³-hybridized carbons (Fsp3) is 0.444. The van der Waals surface area contributed by atoms with Crippen molar-refractivity contribution in [3.63, 3.8) is 0 Å². The summed E-state index contributed by atoms with van der Waals surface area (Å²) in [5.74, 6) is 1.38. The lowest BCUT2D eigenvalue weighted by atomic mass is 9.95. The van der Waals surface area contributed by atoms with E-state index in [-0.39, 0.29) is 12.4 Å². The molecule has 2 aromatic heterocycles. The monoisotopic (exact) mass is 394 g/mol. The van der Waals surface area contributed by atoms with E-state index < -0.39 is 11.9 Å². The van der Waals surface area contributed by atoms with Crippen molar-refractivity contribution in [3.05, 3.63) is 30.5 Å². The highest BCUT2D eigenvalue weighted by Gasteiger charge is 2.32. The Bertz CT molecular complexity index is 846. The van der Waals surface area contributed by atoms with Crippen LogP contribution in [0.2, 0.25) is 0 Å². The number of hydrogen-bond acceptors (Lipinski definition) is 6. The van der Waals surface area contributed by atoms with E-state index >= 15 is 0 Å². The summed E-state index contributed by atoms with van der Waals surface area (Å²) in [6, 6.07) is 1.81. The minimum atomic E-state index is -4.68. The minimum Gasteiger partial charge on any atom is -0.396 e. The summed E-state index contributed by atoms with van der Waals surface area (Å²) < 4.78 is 37.1. The Morgan fingerprint density at radius 1 is 1.36 bits per heavy atom. The molecule has 0 aliphatic carbocycles. The van der Waals surface area contributed by atoms with Crippen molar-refractivity contribution in [2.75, 3.05) is 24.6 Å². The Morgan fingerprint density at radius 3 is 2.93 bits per heavy atom. The van der Waals surface area contributed by atoms with Gasteiger partial charge in [0, 0.05) is 25.8 Å². The third-order valence-electron chi connectivity index (χ3n) is 4.62. The van der Waals surface area contributed by atoms with Crippen molar-refractivity contribution in [1.29, 1.82) is 5.41 Å². The first-order valence-corrected chi connectivity index (χ1v) is 8.94. The van der Waals surface area contributed by atoms with E-state index in [2.05, 4.69) is 24.8 Å². The highest BCUT2D eigenvalue weighted by atomic mass is 19.4. The standard InChI is InChI=1S/C18H21F3N6O/c19-18(20,21)15(22)3-4-16-23-9-14(26-16)13-8-17(25-11-24-13)27-6-1-2-12(10-27)5-7-28/h3-4,8-9,11-12,22,28H,1-2,5-7,10H2,(H,23,26)/b4-3-,22-15?. The number of nitrogens with zero attached hydrogens (tertiary/aromatic N) is 4. The van der Waals surface area contributed by atoms with Crippen LogP contribution in [0.5, 0.6) is 0 Å². The molecular formula is C18H21F3N6O. The fourth-order valence-corrected chi connectivity index (χ4v) is 3.17. The molecule has 1 fully saturated rings. The average molecular weight is 394 g/mol. The van der Waals surface area contributed by atoms with Crippen molar-refractivity contribution < 1.29 is 18.3 Å². The van der Waals surface area contributed by atoms with Crippen molar-refractivity contribution >= 4 is 17.6 Å². The van der Waals surface area contributed by atoms with Gasteiger partial charge < -0.3 is 15.0 Å². The number of alkyl halides is 3. The minimum absolute atomic E-state index is 0.170. The van der Waals surface area contributed by atoms with Crippen LogP contribution in [0, 0.1) is 11.3 Å². The number of halogens is 3. The van der Waals surface area contributed by atoms with Crippen molar-refractivity contribution in [2.45, 2.75) is 25.4 Å².